The van der Waals surface area contributed by atoms with E-state index in [0.717, 1.165) is 30.8 Å². The van der Waals surface area contributed by atoms with E-state index < -0.39 is 0 Å². The summed E-state index contributed by atoms with van der Waals surface area (Å²) in [5, 5.41) is 11.3. The van der Waals surface area contributed by atoms with Crippen molar-refractivity contribution in [3.63, 3.8) is 0 Å². The minimum Gasteiger partial charge on any atom is -0.480 e. The summed E-state index contributed by atoms with van der Waals surface area (Å²) in [5.41, 5.74) is 1.12. The van der Waals surface area contributed by atoms with Crippen molar-refractivity contribution in [2.24, 2.45) is 5.92 Å². The van der Waals surface area contributed by atoms with Crippen molar-refractivity contribution in [1.29, 1.82) is 0 Å². The average molecular weight is 340 g/mol. The van der Waals surface area contributed by atoms with Gasteiger partial charge in [0.25, 0.3) is 0 Å². The number of amides is 1. The minimum atomic E-state index is -0.0381. The van der Waals surface area contributed by atoms with Crippen molar-refractivity contribution in [3.05, 3.63) is 48.0 Å². The van der Waals surface area contributed by atoms with Crippen LogP contribution in [0.4, 0.5) is 5.82 Å². The molecule has 3 rings (SSSR count). The molecule has 0 bridgehead atoms. The van der Waals surface area contributed by atoms with E-state index in [4.69, 9.17) is 4.74 Å². The number of piperidine rings is 1. The highest BCUT2D eigenvalue weighted by atomic mass is 16.5. The molecule has 2 atom stereocenters. The molecule has 6 heteroatoms. The van der Waals surface area contributed by atoms with Gasteiger partial charge in [-0.15, -0.1) is 10.2 Å². The van der Waals surface area contributed by atoms with Crippen molar-refractivity contribution in [1.82, 2.24) is 15.5 Å². The molecule has 1 saturated heterocycles. The third-order valence-electron chi connectivity index (χ3n) is 4.61. The molecule has 1 amide bonds. The zero-order valence-corrected chi connectivity index (χ0v) is 14.7. The summed E-state index contributed by atoms with van der Waals surface area (Å²) >= 11 is 0. The fourth-order valence-electron chi connectivity index (χ4n) is 3.15. The van der Waals surface area contributed by atoms with E-state index in [-0.39, 0.29) is 17.9 Å². The summed E-state index contributed by atoms with van der Waals surface area (Å²) in [5.74, 6) is 1.34. The van der Waals surface area contributed by atoms with E-state index in [1.807, 2.05) is 43.3 Å². The van der Waals surface area contributed by atoms with Crippen LogP contribution < -0.4 is 15.0 Å². The number of ether oxygens (including phenoxy) is 1. The van der Waals surface area contributed by atoms with Gasteiger partial charge in [-0.2, -0.15) is 0 Å². The molecule has 1 aromatic carbocycles. The lowest BCUT2D eigenvalue weighted by molar-refractivity contribution is -0.125. The van der Waals surface area contributed by atoms with E-state index in [1.54, 1.807) is 13.2 Å². The molecular weight excluding hydrogens is 316 g/mol. The molecule has 2 aromatic rings. The maximum atomic E-state index is 12.7. The second-order valence-electron chi connectivity index (χ2n) is 6.36. The number of methoxy groups -OCH3 is 1. The Morgan fingerprint density at radius 3 is 2.72 bits per heavy atom. The molecule has 0 saturated carbocycles. The van der Waals surface area contributed by atoms with Crippen LogP contribution in [-0.4, -0.2) is 36.3 Å². The van der Waals surface area contributed by atoms with Gasteiger partial charge in [0, 0.05) is 19.2 Å². The fraction of sp³-hybridized carbons (Fsp3) is 0.421. The van der Waals surface area contributed by atoms with Crippen molar-refractivity contribution < 1.29 is 9.53 Å². The number of benzene rings is 1. The third kappa shape index (κ3) is 4.26. The van der Waals surface area contributed by atoms with Crippen LogP contribution >= 0.6 is 0 Å². The lowest BCUT2D eigenvalue weighted by Gasteiger charge is -2.33. The van der Waals surface area contributed by atoms with Crippen LogP contribution in [0, 0.1) is 5.92 Å². The van der Waals surface area contributed by atoms with Gasteiger partial charge in [-0.1, -0.05) is 30.3 Å². The molecule has 2 heterocycles. The molecule has 132 valence electrons. The highest BCUT2D eigenvalue weighted by molar-refractivity contribution is 5.80. The fourth-order valence-corrected chi connectivity index (χ4v) is 3.15. The van der Waals surface area contributed by atoms with Crippen LogP contribution in [0.3, 0.4) is 0 Å². The first-order chi connectivity index (χ1) is 12.2. The van der Waals surface area contributed by atoms with Gasteiger partial charge in [0.2, 0.25) is 11.8 Å². The molecule has 0 spiro atoms. The summed E-state index contributed by atoms with van der Waals surface area (Å²) in [4.78, 5) is 14.8. The third-order valence-corrected chi connectivity index (χ3v) is 4.61. The highest BCUT2D eigenvalue weighted by Crippen LogP contribution is 2.23. The van der Waals surface area contributed by atoms with Gasteiger partial charge in [-0.05, 0) is 31.4 Å². The van der Waals surface area contributed by atoms with E-state index >= 15 is 0 Å². The number of carbonyl (C=O) groups is 1. The van der Waals surface area contributed by atoms with Crippen LogP contribution in [0.2, 0.25) is 0 Å². The molecule has 1 N–H and O–H groups in total. The van der Waals surface area contributed by atoms with Crippen molar-refractivity contribution in [2.45, 2.75) is 25.8 Å². The first-order valence-electron chi connectivity index (χ1n) is 8.65. The van der Waals surface area contributed by atoms with E-state index in [0.29, 0.717) is 12.4 Å². The quantitative estimate of drug-likeness (QED) is 0.906. The summed E-state index contributed by atoms with van der Waals surface area (Å²) in [6.07, 6.45) is 1.86. The Morgan fingerprint density at radius 1 is 1.24 bits per heavy atom. The SMILES string of the molecule is COc1ccc(N2CCCC(C(=O)NC(C)c3ccccc3)C2)nn1. The van der Waals surface area contributed by atoms with Gasteiger partial charge in [-0.3, -0.25) is 4.79 Å². The van der Waals surface area contributed by atoms with Crippen molar-refractivity contribution in [3.8, 4) is 5.88 Å². The summed E-state index contributed by atoms with van der Waals surface area (Å²) in [7, 11) is 1.57. The van der Waals surface area contributed by atoms with Gasteiger partial charge in [0.15, 0.2) is 5.82 Å². The Kier molecular flexibility index (Phi) is 5.48. The van der Waals surface area contributed by atoms with Gasteiger partial charge in [0.05, 0.1) is 19.1 Å². The summed E-state index contributed by atoms with van der Waals surface area (Å²) in [6.45, 7) is 3.57. The standard InChI is InChI=1S/C19H24N4O2/c1-14(15-7-4-3-5-8-15)20-19(24)16-9-6-12-23(13-16)17-10-11-18(25-2)22-21-17/h3-5,7-8,10-11,14,16H,6,9,12-13H2,1-2H3,(H,20,24). The van der Waals surface area contributed by atoms with E-state index in [9.17, 15) is 4.79 Å². The molecule has 2 unspecified atom stereocenters. The van der Waals surface area contributed by atoms with Crippen molar-refractivity contribution in [2.75, 3.05) is 25.1 Å². The monoisotopic (exact) mass is 340 g/mol. The van der Waals surface area contributed by atoms with Gasteiger partial charge >= 0.3 is 0 Å². The average Bonchev–Trinajstić information content (AvgIpc) is 2.68. The number of aromatic nitrogens is 2. The van der Waals surface area contributed by atoms with Gasteiger partial charge in [0.1, 0.15) is 0 Å². The smallest absolute Gasteiger partial charge is 0.233 e. The first kappa shape index (κ1) is 17.2. The molecule has 6 nitrogen and oxygen atoms in total. The normalized spacial score (nSPS) is 18.5. The summed E-state index contributed by atoms with van der Waals surface area (Å²) in [6, 6.07) is 13.7. The van der Waals surface area contributed by atoms with Crippen LogP contribution in [0.15, 0.2) is 42.5 Å². The number of rotatable bonds is 5. The molecule has 1 aliphatic rings. The summed E-state index contributed by atoms with van der Waals surface area (Å²) < 4.78 is 5.05. The predicted molar refractivity (Wildman–Crippen MR) is 96.5 cm³/mol. The maximum Gasteiger partial charge on any atom is 0.233 e. The zero-order chi connectivity index (χ0) is 17.6. The molecule has 1 aromatic heterocycles. The number of nitrogens with zero attached hydrogens (tertiary/aromatic N) is 3. The number of carbonyl (C=O) groups excluding carboxylic acids is 1. The topological polar surface area (TPSA) is 67.3 Å². The first-order valence-corrected chi connectivity index (χ1v) is 8.65. The lowest BCUT2D eigenvalue weighted by Crippen LogP contribution is -2.44. The van der Waals surface area contributed by atoms with E-state index in [1.165, 1.54) is 0 Å². The highest BCUT2D eigenvalue weighted by Gasteiger charge is 2.27. The largest absolute Gasteiger partial charge is 0.480 e. The number of anilines is 1. The van der Waals surface area contributed by atoms with Crippen LogP contribution in [0.1, 0.15) is 31.4 Å². The molecular formula is C19H24N4O2. The maximum absolute atomic E-state index is 12.7. The van der Waals surface area contributed by atoms with Gasteiger partial charge < -0.3 is 15.0 Å². The predicted octanol–water partition coefficient (Wildman–Crippen LogP) is 2.58. The van der Waals surface area contributed by atoms with Crippen LogP contribution in [0.25, 0.3) is 0 Å². The molecule has 0 radical (unpaired) electrons. The minimum absolute atomic E-state index is 0.00450. The number of hydrogen-bond acceptors (Lipinski definition) is 5. The Morgan fingerprint density at radius 2 is 2.04 bits per heavy atom. The van der Waals surface area contributed by atoms with E-state index in [2.05, 4.69) is 20.4 Å². The second kappa shape index (κ2) is 7.96. The second-order valence-corrected chi connectivity index (χ2v) is 6.36. The van der Waals surface area contributed by atoms with Crippen molar-refractivity contribution >= 4 is 11.7 Å². The van der Waals surface area contributed by atoms with Gasteiger partial charge in [-0.25, -0.2) is 0 Å². The zero-order valence-electron chi connectivity index (χ0n) is 14.7. The molecule has 0 aliphatic carbocycles. The molecule has 1 aliphatic heterocycles. The lowest BCUT2D eigenvalue weighted by atomic mass is 9.96. The number of hydrogen-bond donors (Lipinski definition) is 1. The van der Waals surface area contributed by atoms with Crippen LogP contribution in [0.5, 0.6) is 5.88 Å². The molecule has 25 heavy (non-hydrogen) atoms. The Balaban J connectivity index is 1.61. The number of nitrogens with one attached hydrogen (secondary N) is 1. The van der Waals surface area contributed by atoms with Crippen LogP contribution in [-0.2, 0) is 4.79 Å². The Labute approximate surface area is 148 Å². The molecule has 1 fully saturated rings. The Hall–Kier alpha value is -2.63. The Bertz CT molecular complexity index is 690.